The molecule has 6 nitrogen and oxygen atoms in total. The van der Waals surface area contributed by atoms with Crippen LogP contribution in [0, 0.1) is 0 Å². The van der Waals surface area contributed by atoms with Gasteiger partial charge in [0.1, 0.15) is 5.82 Å². The molecule has 3 aromatic rings. The predicted octanol–water partition coefficient (Wildman–Crippen LogP) is 2.65. The van der Waals surface area contributed by atoms with Gasteiger partial charge in [0.2, 0.25) is 5.56 Å². The molecule has 2 heterocycles. The molecule has 0 aliphatic heterocycles. The third-order valence-electron chi connectivity index (χ3n) is 3.57. The number of imidazole rings is 1. The number of nitrogens with zero attached hydrogens (tertiary/aromatic N) is 2. The van der Waals surface area contributed by atoms with E-state index < -0.39 is 27.3 Å². The minimum Gasteiger partial charge on any atom is -0.329 e. The Morgan fingerprint density at radius 3 is 2.31 bits per heavy atom. The van der Waals surface area contributed by atoms with Crippen LogP contribution in [-0.2, 0) is 16.0 Å². The highest BCUT2D eigenvalue weighted by molar-refractivity contribution is 7.90. The first kappa shape index (κ1) is 17.9. The van der Waals surface area contributed by atoms with Gasteiger partial charge < -0.3 is 4.98 Å². The van der Waals surface area contributed by atoms with Gasteiger partial charge in [-0.3, -0.25) is 9.36 Å². The van der Waals surface area contributed by atoms with Crippen molar-refractivity contribution in [2.45, 2.75) is 11.1 Å². The first-order valence-electron chi connectivity index (χ1n) is 7.22. The van der Waals surface area contributed by atoms with E-state index in [1.807, 2.05) is 0 Å². The standard InChI is InChI=1S/C16H12F3N3O3S/c1-26(24,25)12-4-2-11(3-5-12)22-9-13(16(17,18)19)21-15(22)10-6-7-20-14(23)8-10/h2-9H,1H3,(H,20,23). The molecule has 0 saturated heterocycles. The number of aromatic amines is 1. The fourth-order valence-corrected chi connectivity index (χ4v) is 2.99. The van der Waals surface area contributed by atoms with Crippen molar-refractivity contribution in [1.29, 1.82) is 0 Å². The van der Waals surface area contributed by atoms with Gasteiger partial charge in [0.05, 0.1) is 4.90 Å². The Labute approximate surface area is 145 Å². The number of benzene rings is 1. The molecule has 0 unspecified atom stereocenters. The lowest BCUT2D eigenvalue weighted by molar-refractivity contribution is -0.140. The van der Waals surface area contributed by atoms with E-state index in [4.69, 9.17) is 0 Å². The van der Waals surface area contributed by atoms with Crippen molar-refractivity contribution in [1.82, 2.24) is 14.5 Å². The van der Waals surface area contributed by atoms with Gasteiger partial charge in [-0.2, -0.15) is 13.2 Å². The van der Waals surface area contributed by atoms with Crippen LogP contribution in [0.5, 0.6) is 0 Å². The van der Waals surface area contributed by atoms with Gasteiger partial charge in [0, 0.05) is 36.0 Å². The number of pyridine rings is 1. The number of H-pyrrole nitrogens is 1. The highest BCUT2D eigenvalue weighted by Gasteiger charge is 2.35. The average molecular weight is 383 g/mol. The van der Waals surface area contributed by atoms with Gasteiger partial charge >= 0.3 is 6.18 Å². The normalized spacial score (nSPS) is 12.3. The second kappa shape index (κ2) is 6.13. The van der Waals surface area contributed by atoms with Crippen LogP contribution in [0.1, 0.15) is 5.69 Å². The zero-order chi connectivity index (χ0) is 19.1. The maximum atomic E-state index is 13.1. The largest absolute Gasteiger partial charge is 0.434 e. The van der Waals surface area contributed by atoms with Crippen molar-refractivity contribution in [2.75, 3.05) is 6.26 Å². The molecule has 1 N–H and O–H groups in total. The Balaban J connectivity index is 2.20. The zero-order valence-corrected chi connectivity index (χ0v) is 14.1. The molecule has 0 radical (unpaired) electrons. The van der Waals surface area contributed by atoms with Crippen LogP contribution in [0.2, 0.25) is 0 Å². The van der Waals surface area contributed by atoms with Crippen molar-refractivity contribution in [2.24, 2.45) is 0 Å². The van der Waals surface area contributed by atoms with Gasteiger partial charge in [-0.1, -0.05) is 0 Å². The van der Waals surface area contributed by atoms with Crippen LogP contribution in [0.15, 0.2) is 58.5 Å². The highest BCUT2D eigenvalue weighted by Crippen LogP contribution is 2.32. The fraction of sp³-hybridized carbons (Fsp3) is 0.125. The molecule has 0 aliphatic carbocycles. The minimum absolute atomic E-state index is 0.0371. The summed E-state index contributed by atoms with van der Waals surface area (Å²) in [7, 11) is -3.44. The van der Waals surface area contributed by atoms with E-state index in [2.05, 4.69) is 9.97 Å². The lowest BCUT2D eigenvalue weighted by Crippen LogP contribution is -2.05. The molecule has 1 aromatic carbocycles. The van der Waals surface area contributed by atoms with Gasteiger partial charge in [-0.05, 0) is 30.3 Å². The fourth-order valence-electron chi connectivity index (χ4n) is 2.35. The van der Waals surface area contributed by atoms with Crippen molar-refractivity contribution < 1.29 is 21.6 Å². The Bertz CT molecular complexity index is 1110. The van der Waals surface area contributed by atoms with Crippen molar-refractivity contribution in [3.8, 4) is 17.1 Å². The Morgan fingerprint density at radius 2 is 1.77 bits per heavy atom. The lowest BCUT2D eigenvalue weighted by Gasteiger charge is -2.08. The Kier molecular flexibility index (Phi) is 4.23. The molecule has 26 heavy (non-hydrogen) atoms. The SMILES string of the molecule is CS(=O)(=O)c1ccc(-n2cc(C(F)(F)F)nc2-c2cc[nH]c(=O)c2)cc1. The van der Waals surface area contributed by atoms with E-state index in [1.54, 1.807) is 0 Å². The van der Waals surface area contributed by atoms with Crippen LogP contribution < -0.4 is 5.56 Å². The van der Waals surface area contributed by atoms with Crippen molar-refractivity contribution >= 4 is 9.84 Å². The minimum atomic E-state index is -4.67. The number of hydrogen-bond donors (Lipinski definition) is 1. The summed E-state index contributed by atoms with van der Waals surface area (Å²) < 4.78 is 63.5. The van der Waals surface area contributed by atoms with E-state index in [-0.39, 0.29) is 22.0 Å². The molecule has 0 amide bonds. The predicted molar refractivity (Wildman–Crippen MR) is 87.7 cm³/mol. The smallest absolute Gasteiger partial charge is 0.329 e. The molecule has 10 heteroatoms. The highest BCUT2D eigenvalue weighted by atomic mass is 32.2. The van der Waals surface area contributed by atoms with E-state index in [9.17, 15) is 26.4 Å². The quantitative estimate of drug-likeness (QED) is 0.754. The molecule has 0 bridgehead atoms. The summed E-state index contributed by atoms with van der Waals surface area (Å²) in [6.07, 6.45) is -1.54. The summed E-state index contributed by atoms with van der Waals surface area (Å²) in [5, 5.41) is 0. The maximum Gasteiger partial charge on any atom is 0.434 e. The molecule has 0 saturated carbocycles. The summed E-state index contributed by atoms with van der Waals surface area (Å²) >= 11 is 0. The lowest BCUT2D eigenvalue weighted by atomic mass is 10.2. The van der Waals surface area contributed by atoms with E-state index in [0.29, 0.717) is 0 Å². The van der Waals surface area contributed by atoms with E-state index in [1.165, 1.54) is 36.5 Å². The second-order valence-electron chi connectivity index (χ2n) is 5.53. The number of rotatable bonds is 3. The molecule has 0 spiro atoms. The second-order valence-corrected chi connectivity index (χ2v) is 7.54. The number of sulfone groups is 1. The van der Waals surface area contributed by atoms with Crippen LogP contribution in [0.3, 0.4) is 0 Å². The maximum absolute atomic E-state index is 13.1. The third kappa shape index (κ3) is 3.54. The van der Waals surface area contributed by atoms with Crippen molar-refractivity contribution in [3.63, 3.8) is 0 Å². The Morgan fingerprint density at radius 1 is 1.12 bits per heavy atom. The topological polar surface area (TPSA) is 84.8 Å². The molecular formula is C16H12F3N3O3S. The number of hydrogen-bond acceptors (Lipinski definition) is 4. The molecule has 136 valence electrons. The summed E-state index contributed by atoms with van der Waals surface area (Å²) in [5.41, 5.74) is -1.15. The number of nitrogens with one attached hydrogen (secondary N) is 1. The molecular weight excluding hydrogens is 371 g/mol. The molecule has 0 aliphatic rings. The summed E-state index contributed by atoms with van der Waals surface area (Å²) in [6, 6.07) is 7.87. The average Bonchev–Trinajstić information content (AvgIpc) is 3.00. The number of aromatic nitrogens is 3. The van der Waals surface area contributed by atoms with Crippen LogP contribution in [-0.4, -0.2) is 29.2 Å². The molecule has 0 fully saturated rings. The van der Waals surface area contributed by atoms with Gasteiger partial charge in [-0.25, -0.2) is 13.4 Å². The van der Waals surface area contributed by atoms with E-state index in [0.717, 1.165) is 23.1 Å². The van der Waals surface area contributed by atoms with E-state index >= 15 is 0 Å². The summed E-state index contributed by atoms with van der Waals surface area (Å²) in [4.78, 5) is 17.5. The number of halogens is 3. The first-order chi connectivity index (χ1) is 12.1. The van der Waals surface area contributed by atoms with Gasteiger partial charge in [-0.15, -0.1) is 0 Å². The van der Waals surface area contributed by atoms with Crippen molar-refractivity contribution in [3.05, 3.63) is 64.8 Å². The molecule has 0 atom stereocenters. The molecule has 3 rings (SSSR count). The van der Waals surface area contributed by atoms with Crippen LogP contribution >= 0.6 is 0 Å². The zero-order valence-electron chi connectivity index (χ0n) is 13.3. The number of alkyl halides is 3. The molecule has 2 aromatic heterocycles. The van der Waals surface area contributed by atoms with Crippen LogP contribution in [0.25, 0.3) is 17.1 Å². The summed E-state index contributed by atoms with van der Waals surface area (Å²) in [5.74, 6) is -0.0875. The monoisotopic (exact) mass is 383 g/mol. The van der Waals surface area contributed by atoms with Gasteiger partial charge in [0.15, 0.2) is 15.5 Å². The third-order valence-corrected chi connectivity index (χ3v) is 4.70. The Hall–Kier alpha value is -2.88. The van der Waals surface area contributed by atoms with Gasteiger partial charge in [0.25, 0.3) is 0 Å². The summed E-state index contributed by atoms with van der Waals surface area (Å²) in [6.45, 7) is 0. The first-order valence-corrected chi connectivity index (χ1v) is 9.11. The van der Waals surface area contributed by atoms with Crippen LogP contribution in [0.4, 0.5) is 13.2 Å².